The van der Waals surface area contributed by atoms with E-state index in [1.165, 1.54) is 0 Å². The van der Waals surface area contributed by atoms with Crippen LogP contribution in [0.15, 0.2) is 33.8 Å². The molecule has 1 amide bonds. The van der Waals surface area contributed by atoms with Gasteiger partial charge in [0.2, 0.25) is 5.91 Å². The highest BCUT2D eigenvalue weighted by Crippen LogP contribution is 2.22. The minimum atomic E-state index is -0.100. The Balaban J connectivity index is 1.83. The molecule has 3 N–H and O–H groups in total. The summed E-state index contributed by atoms with van der Waals surface area (Å²) in [4.78, 5) is 20.9. The maximum Gasteiger partial charge on any atom is 0.227 e. The smallest absolute Gasteiger partial charge is 0.227 e. The Morgan fingerprint density at radius 2 is 2.00 bits per heavy atom. The third kappa shape index (κ3) is 7.56. The molecule has 0 spiro atoms. The van der Waals surface area contributed by atoms with Crippen LogP contribution in [0.25, 0.3) is 0 Å². The van der Waals surface area contributed by atoms with Gasteiger partial charge in [-0.1, -0.05) is 25.1 Å². The molecule has 0 atom stereocenters. The highest BCUT2D eigenvalue weighted by atomic mass is 16.5. The number of hydrogen-bond acceptors (Lipinski definition) is 5. The Morgan fingerprint density at radius 1 is 1.21 bits per heavy atom. The molecular weight excluding hydrogens is 368 g/mol. The summed E-state index contributed by atoms with van der Waals surface area (Å²) in [6.07, 6.45) is 2.38. The zero-order valence-electron chi connectivity index (χ0n) is 17.8. The predicted octanol–water partition coefficient (Wildman–Crippen LogP) is 3.37. The van der Waals surface area contributed by atoms with Gasteiger partial charge in [0.15, 0.2) is 11.7 Å². The number of hydrogen-bond donors (Lipinski definition) is 3. The number of pyridine rings is 1. The average Bonchev–Trinajstić information content (AvgIpc) is 3.16. The van der Waals surface area contributed by atoms with E-state index in [0.717, 1.165) is 36.5 Å². The summed E-state index contributed by atoms with van der Waals surface area (Å²) in [7, 11) is 0. The van der Waals surface area contributed by atoms with Crippen molar-refractivity contribution in [3.8, 4) is 0 Å². The van der Waals surface area contributed by atoms with Crippen LogP contribution in [0.4, 0.5) is 5.82 Å². The number of nitrogens with one attached hydrogen (secondary N) is 3. The SMILES string of the molecule is CCNC(=NCc1cc(C(CC)CC)no1)NCCC(=O)Nc1cccc(C)n1. The third-order valence-corrected chi connectivity index (χ3v) is 4.52. The van der Waals surface area contributed by atoms with Crippen LogP contribution in [0.5, 0.6) is 0 Å². The lowest BCUT2D eigenvalue weighted by molar-refractivity contribution is -0.116. The molecule has 0 aromatic carbocycles. The number of aromatic nitrogens is 2. The van der Waals surface area contributed by atoms with E-state index >= 15 is 0 Å². The van der Waals surface area contributed by atoms with Gasteiger partial charge >= 0.3 is 0 Å². The quantitative estimate of drug-likeness (QED) is 0.417. The summed E-state index contributed by atoms with van der Waals surface area (Å²) >= 11 is 0. The van der Waals surface area contributed by atoms with Crippen molar-refractivity contribution < 1.29 is 9.32 Å². The second-order valence-electron chi connectivity index (χ2n) is 6.82. The van der Waals surface area contributed by atoms with Crippen LogP contribution >= 0.6 is 0 Å². The Hall–Kier alpha value is -2.90. The first-order chi connectivity index (χ1) is 14.0. The highest BCUT2D eigenvalue weighted by Gasteiger charge is 2.13. The van der Waals surface area contributed by atoms with Crippen molar-refractivity contribution in [1.82, 2.24) is 20.8 Å². The number of carbonyl (C=O) groups excluding carboxylic acids is 1. The summed E-state index contributed by atoms with van der Waals surface area (Å²) in [6, 6.07) is 7.51. The van der Waals surface area contributed by atoms with Crippen LogP contribution < -0.4 is 16.0 Å². The fourth-order valence-electron chi connectivity index (χ4n) is 2.91. The lowest BCUT2D eigenvalue weighted by Crippen LogP contribution is -2.38. The van der Waals surface area contributed by atoms with Crippen molar-refractivity contribution in [1.29, 1.82) is 0 Å². The van der Waals surface area contributed by atoms with E-state index in [1.807, 2.05) is 32.0 Å². The van der Waals surface area contributed by atoms with Gasteiger partial charge in [0, 0.05) is 37.2 Å². The fraction of sp³-hybridized carbons (Fsp3) is 0.524. The zero-order chi connectivity index (χ0) is 21.1. The Bertz CT molecular complexity index is 798. The minimum Gasteiger partial charge on any atom is -0.359 e. The molecule has 2 aromatic rings. The summed E-state index contributed by atoms with van der Waals surface area (Å²) in [5.74, 6) is 2.25. The Kier molecular flexibility index (Phi) is 9.14. The number of aryl methyl sites for hydroxylation is 1. The fourth-order valence-corrected chi connectivity index (χ4v) is 2.91. The molecule has 8 nitrogen and oxygen atoms in total. The molecule has 0 aliphatic rings. The molecular formula is C21H32N6O2. The topological polar surface area (TPSA) is 104 Å². The van der Waals surface area contributed by atoms with Gasteiger partial charge in [0.1, 0.15) is 12.4 Å². The number of anilines is 1. The summed E-state index contributed by atoms with van der Waals surface area (Å²) in [5.41, 5.74) is 1.85. The van der Waals surface area contributed by atoms with E-state index in [2.05, 4.69) is 44.9 Å². The predicted molar refractivity (Wildman–Crippen MR) is 115 cm³/mol. The Labute approximate surface area is 172 Å². The molecule has 158 valence electrons. The van der Waals surface area contributed by atoms with E-state index in [-0.39, 0.29) is 5.91 Å². The third-order valence-electron chi connectivity index (χ3n) is 4.52. The van der Waals surface area contributed by atoms with Gasteiger partial charge in [-0.15, -0.1) is 0 Å². The van der Waals surface area contributed by atoms with Crippen LogP contribution in [0.1, 0.15) is 63.1 Å². The first-order valence-corrected chi connectivity index (χ1v) is 10.3. The van der Waals surface area contributed by atoms with Gasteiger partial charge in [0.05, 0.1) is 5.69 Å². The van der Waals surface area contributed by atoms with Crippen LogP contribution in [0.2, 0.25) is 0 Å². The summed E-state index contributed by atoms with van der Waals surface area (Å²) < 4.78 is 5.41. The molecule has 0 fully saturated rings. The van der Waals surface area contributed by atoms with E-state index in [4.69, 9.17) is 4.52 Å². The lowest BCUT2D eigenvalue weighted by Gasteiger charge is -2.11. The summed E-state index contributed by atoms with van der Waals surface area (Å²) in [5, 5.41) is 13.3. The molecule has 0 saturated carbocycles. The molecule has 0 saturated heterocycles. The average molecular weight is 401 g/mol. The molecule has 0 aliphatic heterocycles. The Morgan fingerprint density at radius 3 is 2.69 bits per heavy atom. The normalized spacial score (nSPS) is 11.6. The monoisotopic (exact) mass is 400 g/mol. The zero-order valence-corrected chi connectivity index (χ0v) is 17.8. The minimum absolute atomic E-state index is 0.100. The van der Waals surface area contributed by atoms with Gasteiger partial charge in [-0.2, -0.15) is 0 Å². The second-order valence-corrected chi connectivity index (χ2v) is 6.82. The maximum absolute atomic E-state index is 12.1. The van der Waals surface area contributed by atoms with Gasteiger partial charge in [-0.3, -0.25) is 4.79 Å². The van der Waals surface area contributed by atoms with Gasteiger partial charge in [0.25, 0.3) is 0 Å². The number of amides is 1. The largest absolute Gasteiger partial charge is 0.359 e. The van der Waals surface area contributed by atoms with Gasteiger partial charge < -0.3 is 20.5 Å². The van der Waals surface area contributed by atoms with Crippen molar-refractivity contribution in [3.05, 3.63) is 41.4 Å². The van der Waals surface area contributed by atoms with Crippen LogP contribution in [-0.4, -0.2) is 35.1 Å². The van der Waals surface area contributed by atoms with Crippen molar-refractivity contribution in [2.75, 3.05) is 18.4 Å². The molecule has 0 aliphatic carbocycles. The van der Waals surface area contributed by atoms with Crippen molar-refractivity contribution in [2.45, 2.75) is 59.4 Å². The van der Waals surface area contributed by atoms with E-state index < -0.39 is 0 Å². The molecule has 2 aromatic heterocycles. The second kappa shape index (κ2) is 11.8. The molecule has 8 heteroatoms. The summed E-state index contributed by atoms with van der Waals surface area (Å²) in [6.45, 7) is 9.75. The molecule has 0 bridgehead atoms. The number of nitrogens with zero attached hydrogens (tertiary/aromatic N) is 3. The maximum atomic E-state index is 12.1. The molecule has 0 unspecified atom stereocenters. The van der Waals surface area contributed by atoms with Crippen molar-refractivity contribution in [3.63, 3.8) is 0 Å². The van der Waals surface area contributed by atoms with E-state index in [0.29, 0.717) is 37.2 Å². The molecule has 0 radical (unpaired) electrons. The van der Waals surface area contributed by atoms with Gasteiger partial charge in [-0.05, 0) is 38.8 Å². The molecule has 2 heterocycles. The standard InChI is InChI=1S/C21H32N6O2/c1-5-16(6-2)18-13-17(29-27-18)14-24-21(22-7-3)23-12-11-20(28)26-19-10-8-9-15(4)25-19/h8-10,13,16H,5-7,11-12,14H2,1-4H3,(H2,22,23,24)(H,25,26,28). The van der Waals surface area contributed by atoms with E-state index in [9.17, 15) is 4.79 Å². The number of rotatable bonds is 10. The van der Waals surface area contributed by atoms with Crippen molar-refractivity contribution >= 4 is 17.7 Å². The lowest BCUT2D eigenvalue weighted by atomic mass is 9.99. The van der Waals surface area contributed by atoms with Crippen LogP contribution in [0.3, 0.4) is 0 Å². The van der Waals surface area contributed by atoms with Crippen LogP contribution in [0, 0.1) is 6.92 Å². The van der Waals surface area contributed by atoms with Crippen LogP contribution in [-0.2, 0) is 11.3 Å². The number of guanidine groups is 1. The molecule has 2 rings (SSSR count). The molecule has 29 heavy (non-hydrogen) atoms. The van der Waals surface area contributed by atoms with Crippen molar-refractivity contribution in [2.24, 2.45) is 4.99 Å². The first-order valence-electron chi connectivity index (χ1n) is 10.3. The first kappa shape index (κ1) is 22.4. The number of aliphatic imine (C=N–C) groups is 1. The highest BCUT2D eigenvalue weighted by molar-refractivity contribution is 5.90. The van der Waals surface area contributed by atoms with E-state index in [1.54, 1.807) is 6.07 Å². The number of carbonyl (C=O) groups is 1. The van der Waals surface area contributed by atoms with Gasteiger partial charge in [-0.25, -0.2) is 9.98 Å².